The first-order valence-corrected chi connectivity index (χ1v) is 18.4. The third-order valence-corrected chi connectivity index (χ3v) is 12.0. The number of rotatable bonds is 14. The molecule has 2 aromatic rings. The molecular formula is C37H54N2O5S. The molecule has 0 radical (unpaired) electrons. The Bertz CT molecular complexity index is 1430. The topological polar surface area (TPSA) is 102 Å². The molecule has 3 aliphatic rings. The second kappa shape index (κ2) is 13.8. The second-order valence-electron chi connectivity index (χ2n) is 14.5. The van der Waals surface area contributed by atoms with Gasteiger partial charge in [-0.15, -0.1) is 6.58 Å². The van der Waals surface area contributed by atoms with Gasteiger partial charge in [0, 0.05) is 12.0 Å². The summed E-state index contributed by atoms with van der Waals surface area (Å²) in [6.07, 6.45) is 12.2. The molecule has 0 bridgehead atoms. The summed E-state index contributed by atoms with van der Waals surface area (Å²) in [5.41, 5.74) is 3.17. The minimum Gasteiger partial charge on any atom is -0.494 e. The van der Waals surface area contributed by atoms with Gasteiger partial charge in [-0.2, -0.15) is 13.6 Å². The fraction of sp³-hybridized carbons (Fsp3) is 0.622. The lowest BCUT2D eigenvalue weighted by atomic mass is 9.44. The molecule has 0 aliphatic heterocycles. The van der Waals surface area contributed by atoms with Crippen LogP contribution < -0.4 is 14.1 Å². The molecule has 7 nitrogen and oxygen atoms in total. The van der Waals surface area contributed by atoms with Crippen LogP contribution in [0.15, 0.2) is 55.1 Å². The molecule has 2 fully saturated rings. The van der Waals surface area contributed by atoms with E-state index in [-0.39, 0.29) is 34.5 Å². The van der Waals surface area contributed by atoms with E-state index < -0.39 is 10.3 Å². The van der Waals surface area contributed by atoms with Gasteiger partial charge in [0.25, 0.3) is 0 Å². The number of aliphatic hydroxyl groups excluding tert-OH is 1. The Kier molecular flexibility index (Phi) is 10.4. The molecule has 2 saturated carbocycles. The minimum atomic E-state index is -4.10. The van der Waals surface area contributed by atoms with Crippen LogP contribution in [-0.2, 0) is 16.7 Å². The molecule has 0 unspecified atom stereocenters. The first kappa shape index (κ1) is 34.0. The third kappa shape index (κ3) is 7.14. The number of aliphatic hydroxyl groups is 1. The summed E-state index contributed by atoms with van der Waals surface area (Å²) in [5.74, 6) is 1.77. The number of hydrogen-bond donors (Lipinski definition) is 2. The first-order chi connectivity index (χ1) is 21.4. The monoisotopic (exact) mass is 638 g/mol. The zero-order valence-corrected chi connectivity index (χ0v) is 28.5. The predicted octanol–water partition coefficient (Wildman–Crippen LogP) is 7.11. The molecule has 3 aliphatic carbocycles. The fourth-order valence-electron chi connectivity index (χ4n) is 8.97. The molecule has 5 rings (SSSR count). The van der Waals surface area contributed by atoms with Gasteiger partial charge in [-0.05, 0) is 136 Å². The smallest absolute Gasteiger partial charge is 0.380 e. The molecule has 0 spiro atoms. The van der Waals surface area contributed by atoms with E-state index in [2.05, 4.69) is 69.6 Å². The Balaban J connectivity index is 1.31. The van der Waals surface area contributed by atoms with Gasteiger partial charge in [-0.1, -0.05) is 50.5 Å². The van der Waals surface area contributed by atoms with Crippen LogP contribution in [0.4, 0.5) is 0 Å². The molecule has 248 valence electrons. The van der Waals surface area contributed by atoms with E-state index in [4.69, 9.17) is 14.1 Å². The molecule has 0 amide bonds. The zero-order chi connectivity index (χ0) is 32.4. The summed E-state index contributed by atoms with van der Waals surface area (Å²) >= 11 is 0. The molecule has 0 heterocycles. The first-order valence-electron chi connectivity index (χ1n) is 17.0. The van der Waals surface area contributed by atoms with Crippen molar-refractivity contribution in [3.8, 4) is 11.5 Å². The summed E-state index contributed by atoms with van der Waals surface area (Å²) in [6, 6.07) is 14.8. The van der Waals surface area contributed by atoms with Crippen LogP contribution in [0.5, 0.6) is 11.5 Å². The van der Waals surface area contributed by atoms with Crippen LogP contribution in [0.2, 0.25) is 0 Å². The van der Waals surface area contributed by atoms with Crippen molar-refractivity contribution in [3.05, 3.63) is 71.8 Å². The summed E-state index contributed by atoms with van der Waals surface area (Å²) in [7, 11) is -1.91. The molecule has 0 saturated heterocycles. The SMILES string of the molecule is C=C[C@@]12CCc3cc(OS(N)(=O)=O)ccc3[C@H]1[C@@H](c1ccc(OCCCCCCCN(C)C(C)C)cc1)C[C@@]1(C)[C@H]2CC[C@@H]1O. The minimum absolute atomic E-state index is 0.151. The van der Waals surface area contributed by atoms with Gasteiger partial charge in [0.1, 0.15) is 11.5 Å². The summed E-state index contributed by atoms with van der Waals surface area (Å²) in [6.45, 7) is 13.1. The maximum atomic E-state index is 11.6. The Morgan fingerprint density at radius 1 is 1.07 bits per heavy atom. The van der Waals surface area contributed by atoms with Crippen molar-refractivity contribution in [2.24, 2.45) is 21.9 Å². The van der Waals surface area contributed by atoms with Crippen molar-refractivity contribution in [3.63, 3.8) is 0 Å². The van der Waals surface area contributed by atoms with E-state index in [1.54, 1.807) is 6.07 Å². The van der Waals surface area contributed by atoms with Crippen LogP contribution >= 0.6 is 0 Å². The summed E-state index contributed by atoms with van der Waals surface area (Å²) in [4.78, 5) is 2.40. The van der Waals surface area contributed by atoms with Crippen LogP contribution in [0, 0.1) is 16.7 Å². The molecule has 6 atom stereocenters. The van der Waals surface area contributed by atoms with Crippen molar-refractivity contribution in [2.45, 2.75) is 109 Å². The number of unbranched alkanes of at least 4 members (excludes halogenated alkanes) is 4. The van der Waals surface area contributed by atoms with Crippen molar-refractivity contribution < 1.29 is 22.4 Å². The highest BCUT2D eigenvalue weighted by molar-refractivity contribution is 7.84. The van der Waals surface area contributed by atoms with E-state index in [1.165, 1.54) is 36.8 Å². The number of nitrogens with zero attached hydrogens (tertiary/aromatic N) is 1. The van der Waals surface area contributed by atoms with Crippen LogP contribution in [0.3, 0.4) is 0 Å². The number of ether oxygens (including phenoxy) is 1. The van der Waals surface area contributed by atoms with Crippen LogP contribution in [-0.4, -0.2) is 50.8 Å². The second-order valence-corrected chi connectivity index (χ2v) is 15.6. The lowest BCUT2D eigenvalue weighted by molar-refractivity contribution is -0.0630. The van der Waals surface area contributed by atoms with Crippen LogP contribution in [0.1, 0.15) is 107 Å². The predicted molar refractivity (Wildman–Crippen MR) is 181 cm³/mol. The quantitative estimate of drug-likeness (QED) is 0.169. The zero-order valence-electron chi connectivity index (χ0n) is 27.7. The molecular weight excluding hydrogens is 584 g/mol. The molecule has 0 aromatic heterocycles. The lowest BCUT2D eigenvalue weighted by Gasteiger charge is -2.60. The summed E-state index contributed by atoms with van der Waals surface area (Å²) in [5, 5.41) is 16.5. The van der Waals surface area contributed by atoms with Crippen LogP contribution in [0.25, 0.3) is 0 Å². The molecule has 3 N–H and O–H groups in total. The van der Waals surface area contributed by atoms with E-state index in [0.717, 1.165) is 63.0 Å². The fourth-order valence-corrected chi connectivity index (χ4v) is 9.34. The number of nitrogens with two attached hydrogens (primary N) is 1. The van der Waals surface area contributed by atoms with Gasteiger partial charge in [-0.3, -0.25) is 0 Å². The number of hydrogen-bond acceptors (Lipinski definition) is 6. The lowest BCUT2D eigenvalue weighted by Crippen LogP contribution is -2.53. The summed E-state index contributed by atoms with van der Waals surface area (Å²) < 4.78 is 34.5. The molecule has 45 heavy (non-hydrogen) atoms. The Labute approximate surface area is 271 Å². The van der Waals surface area contributed by atoms with Gasteiger partial charge in [0.15, 0.2) is 0 Å². The number of allylic oxidation sites excluding steroid dienone is 1. The third-order valence-electron chi connectivity index (χ3n) is 11.6. The van der Waals surface area contributed by atoms with E-state index in [9.17, 15) is 13.5 Å². The van der Waals surface area contributed by atoms with E-state index in [1.807, 2.05) is 12.1 Å². The maximum absolute atomic E-state index is 11.6. The maximum Gasteiger partial charge on any atom is 0.380 e. The van der Waals surface area contributed by atoms with Gasteiger partial charge in [0.2, 0.25) is 0 Å². The molecule has 2 aromatic carbocycles. The van der Waals surface area contributed by atoms with Crippen molar-refractivity contribution in [1.29, 1.82) is 0 Å². The Morgan fingerprint density at radius 3 is 2.44 bits per heavy atom. The normalized spacial score (nSPS) is 29.2. The van der Waals surface area contributed by atoms with Crippen molar-refractivity contribution in [2.75, 3.05) is 20.2 Å². The van der Waals surface area contributed by atoms with E-state index in [0.29, 0.717) is 12.0 Å². The number of benzene rings is 2. The van der Waals surface area contributed by atoms with E-state index >= 15 is 0 Å². The molecule has 8 heteroatoms. The number of fused-ring (bicyclic) bond motifs is 5. The van der Waals surface area contributed by atoms with Gasteiger partial charge >= 0.3 is 10.3 Å². The highest BCUT2D eigenvalue weighted by atomic mass is 32.2. The Hall–Kier alpha value is -2.39. The van der Waals surface area contributed by atoms with Crippen molar-refractivity contribution in [1.82, 2.24) is 4.90 Å². The highest BCUT2D eigenvalue weighted by Crippen LogP contribution is 2.71. The average Bonchev–Trinajstić information content (AvgIpc) is 3.31. The van der Waals surface area contributed by atoms with Gasteiger partial charge in [-0.25, -0.2) is 0 Å². The Morgan fingerprint density at radius 2 is 1.76 bits per heavy atom. The average molecular weight is 639 g/mol. The van der Waals surface area contributed by atoms with Gasteiger partial charge in [0.05, 0.1) is 12.7 Å². The van der Waals surface area contributed by atoms with Gasteiger partial charge < -0.3 is 18.9 Å². The standard InChI is InChI=1S/C37H54N2O5S/c1-6-37-21-20-28-24-30(44-45(38,41)42)16-17-31(28)35(37)32(25-36(4)33(37)18-19-34(36)40)27-12-14-29(15-13-27)43-23-11-9-7-8-10-22-39(5)26(2)3/h6,12-17,24,26,32-35,40H,1,7-11,18-23,25H2,2-5H3,(H2,38,41,42)/t32-,33-,34+,35+,36+,37+/m1/s1. The largest absolute Gasteiger partial charge is 0.494 e. The van der Waals surface area contributed by atoms with Crippen molar-refractivity contribution >= 4 is 10.3 Å². The number of aryl methyl sites for hydroxylation is 1. The highest BCUT2D eigenvalue weighted by Gasteiger charge is 2.63.